The molecular weight excluding hydrogens is 351 g/mol. The van der Waals surface area contributed by atoms with E-state index < -0.39 is 11.7 Å². The Hall–Kier alpha value is -2.25. The summed E-state index contributed by atoms with van der Waals surface area (Å²) in [5.41, 5.74) is 3.34. The number of hydrogen-bond donors (Lipinski definition) is 2. The second kappa shape index (κ2) is 8.91. The molecule has 2 aromatic carbocycles. The highest BCUT2D eigenvalue weighted by Crippen LogP contribution is 2.26. The summed E-state index contributed by atoms with van der Waals surface area (Å²) in [4.78, 5) is 12.4. The van der Waals surface area contributed by atoms with Gasteiger partial charge in [-0.2, -0.15) is 0 Å². The highest BCUT2D eigenvalue weighted by molar-refractivity contribution is 7.98. The minimum Gasteiger partial charge on any atom is -0.388 e. The number of halogens is 1. The largest absolute Gasteiger partial charge is 0.388 e. The molecule has 2 rings (SSSR count). The lowest BCUT2D eigenvalue weighted by Gasteiger charge is -2.24. The number of hydrogen-bond acceptors (Lipinski definition) is 5. The molecule has 0 atom stereocenters. The first-order valence-electron chi connectivity index (χ1n) is 8.38. The number of carbonyl (C=O) groups excluding carboxylic acids is 1. The third-order valence-corrected chi connectivity index (χ3v) is 4.79. The summed E-state index contributed by atoms with van der Waals surface area (Å²) >= 11 is 1.48. The maximum absolute atomic E-state index is 14.5. The van der Waals surface area contributed by atoms with Crippen LogP contribution >= 0.6 is 12.1 Å². The Bertz CT molecular complexity index is 782. The molecule has 0 bridgehead atoms. The maximum Gasteiger partial charge on any atom is 0.258 e. The molecule has 0 aliphatic rings. The van der Waals surface area contributed by atoms with Crippen molar-refractivity contribution in [2.45, 2.75) is 13.8 Å². The normalized spacial score (nSPS) is 10.7. The van der Waals surface area contributed by atoms with Crippen LogP contribution in [0.25, 0.3) is 0 Å². The van der Waals surface area contributed by atoms with Gasteiger partial charge in [-0.25, -0.2) is 8.70 Å². The summed E-state index contributed by atoms with van der Waals surface area (Å²) in [5.74, 6) is -1.01. The Kier molecular flexibility index (Phi) is 6.88. The lowest BCUT2D eigenvalue weighted by molar-refractivity contribution is 0.102. The van der Waals surface area contributed by atoms with Crippen molar-refractivity contribution in [3.8, 4) is 0 Å². The molecular formula is C19H25FN4OS. The highest BCUT2D eigenvalue weighted by Gasteiger charge is 2.15. The smallest absolute Gasteiger partial charge is 0.258 e. The van der Waals surface area contributed by atoms with Gasteiger partial charge in [-0.1, -0.05) is 6.07 Å². The van der Waals surface area contributed by atoms with Gasteiger partial charge in [-0.05, 0) is 63.8 Å². The van der Waals surface area contributed by atoms with E-state index in [-0.39, 0.29) is 5.56 Å². The first-order valence-corrected chi connectivity index (χ1v) is 9.11. The first kappa shape index (κ1) is 20.1. The predicted molar refractivity (Wildman–Crippen MR) is 109 cm³/mol. The molecule has 0 unspecified atom stereocenters. The molecule has 0 spiro atoms. The van der Waals surface area contributed by atoms with Crippen LogP contribution in [0, 0.1) is 12.7 Å². The number of carbonyl (C=O) groups is 1. The van der Waals surface area contributed by atoms with E-state index in [9.17, 15) is 9.18 Å². The van der Waals surface area contributed by atoms with Gasteiger partial charge in [0.25, 0.3) is 5.91 Å². The summed E-state index contributed by atoms with van der Waals surface area (Å²) in [6, 6.07) is 10.2. The summed E-state index contributed by atoms with van der Waals surface area (Å²) in [7, 11) is 5.66. The molecule has 7 heteroatoms. The van der Waals surface area contributed by atoms with Gasteiger partial charge >= 0.3 is 0 Å². The van der Waals surface area contributed by atoms with Crippen molar-refractivity contribution in [2.75, 3.05) is 42.6 Å². The number of nitrogens with zero attached hydrogens (tertiary/aromatic N) is 2. The standard InChI is InChI=1S/C19H25FN4OS/c1-6-24(26-23(4)5)15-9-10-16(17(20)12-15)19(25)22-14-8-7-13(2)18(11-14)21-3/h7-12,21H,6H2,1-5H3,(H,22,25). The molecule has 0 saturated heterocycles. The summed E-state index contributed by atoms with van der Waals surface area (Å²) in [5, 5.41) is 5.81. The van der Waals surface area contributed by atoms with E-state index in [2.05, 4.69) is 10.6 Å². The fourth-order valence-corrected chi connectivity index (χ4v) is 3.21. The van der Waals surface area contributed by atoms with E-state index in [1.54, 1.807) is 12.1 Å². The quantitative estimate of drug-likeness (QED) is 0.702. The maximum atomic E-state index is 14.5. The van der Waals surface area contributed by atoms with Crippen LogP contribution in [0.5, 0.6) is 0 Å². The highest BCUT2D eigenvalue weighted by atomic mass is 32.2. The second-order valence-electron chi connectivity index (χ2n) is 5.99. The van der Waals surface area contributed by atoms with Gasteiger partial charge in [0.1, 0.15) is 5.82 Å². The van der Waals surface area contributed by atoms with Gasteiger partial charge in [0, 0.05) is 37.1 Å². The SMILES string of the molecule is CCN(SN(C)C)c1ccc(C(=O)Nc2ccc(C)c(NC)c2)c(F)c1. The zero-order valence-electron chi connectivity index (χ0n) is 15.8. The fourth-order valence-electron chi connectivity index (χ4n) is 2.50. The molecule has 0 saturated carbocycles. The van der Waals surface area contributed by atoms with Gasteiger partial charge in [0.2, 0.25) is 0 Å². The summed E-state index contributed by atoms with van der Waals surface area (Å²) in [6.45, 7) is 4.68. The predicted octanol–water partition coefficient (Wildman–Crippen LogP) is 4.38. The third kappa shape index (κ3) is 4.89. The van der Waals surface area contributed by atoms with Gasteiger partial charge < -0.3 is 14.9 Å². The van der Waals surface area contributed by atoms with E-state index in [0.29, 0.717) is 17.9 Å². The monoisotopic (exact) mass is 376 g/mol. The molecule has 5 nitrogen and oxygen atoms in total. The molecule has 0 aromatic heterocycles. The van der Waals surface area contributed by atoms with Crippen LogP contribution in [0.15, 0.2) is 36.4 Å². The molecule has 2 N–H and O–H groups in total. The summed E-state index contributed by atoms with van der Waals surface area (Å²) < 4.78 is 18.4. The van der Waals surface area contributed by atoms with Crippen molar-refractivity contribution >= 4 is 35.1 Å². The Morgan fingerprint density at radius 3 is 2.50 bits per heavy atom. The van der Waals surface area contributed by atoms with E-state index >= 15 is 0 Å². The van der Waals surface area contributed by atoms with Crippen molar-refractivity contribution in [2.24, 2.45) is 0 Å². The lowest BCUT2D eigenvalue weighted by Crippen LogP contribution is -2.20. The molecule has 1 amide bonds. The molecule has 0 fully saturated rings. The number of anilines is 3. The fraction of sp³-hybridized carbons (Fsp3) is 0.316. The van der Waals surface area contributed by atoms with E-state index in [1.807, 2.05) is 55.7 Å². The van der Waals surface area contributed by atoms with Crippen molar-refractivity contribution in [1.82, 2.24) is 4.31 Å². The molecule has 0 heterocycles. The van der Waals surface area contributed by atoms with Crippen LogP contribution in [-0.4, -0.2) is 37.9 Å². The van der Waals surface area contributed by atoms with Crippen LogP contribution in [0.2, 0.25) is 0 Å². The topological polar surface area (TPSA) is 47.6 Å². The molecule has 140 valence electrons. The van der Waals surface area contributed by atoms with E-state index in [4.69, 9.17) is 0 Å². The zero-order valence-corrected chi connectivity index (χ0v) is 16.6. The van der Waals surface area contributed by atoms with Gasteiger partial charge in [0.15, 0.2) is 0 Å². The van der Waals surface area contributed by atoms with Crippen molar-refractivity contribution in [3.63, 3.8) is 0 Å². The van der Waals surface area contributed by atoms with Gasteiger partial charge in [0.05, 0.1) is 11.3 Å². The van der Waals surface area contributed by atoms with Crippen molar-refractivity contribution in [1.29, 1.82) is 0 Å². The minimum absolute atomic E-state index is 0.0197. The number of nitrogens with one attached hydrogen (secondary N) is 2. The number of rotatable bonds is 7. The third-order valence-electron chi connectivity index (χ3n) is 3.80. The molecule has 0 aliphatic carbocycles. The Balaban J connectivity index is 2.19. The van der Waals surface area contributed by atoms with Crippen LogP contribution < -0.4 is 14.9 Å². The second-order valence-corrected chi connectivity index (χ2v) is 7.32. The van der Waals surface area contributed by atoms with Crippen LogP contribution in [-0.2, 0) is 0 Å². The molecule has 26 heavy (non-hydrogen) atoms. The first-order chi connectivity index (χ1) is 12.3. The minimum atomic E-state index is -0.543. The average Bonchev–Trinajstić information content (AvgIpc) is 2.60. The van der Waals surface area contributed by atoms with Crippen molar-refractivity contribution in [3.05, 3.63) is 53.3 Å². The molecule has 2 aromatic rings. The van der Waals surface area contributed by atoms with E-state index in [1.165, 1.54) is 24.3 Å². The van der Waals surface area contributed by atoms with E-state index in [0.717, 1.165) is 11.3 Å². The average molecular weight is 377 g/mol. The summed E-state index contributed by atoms with van der Waals surface area (Å²) in [6.07, 6.45) is 0. The number of amides is 1. The van der Waals surface area contributed by atoms with Crippen LogP contribution in [0.1, 0.15) is 22.8 Å². The molecule has 0 aliphatic heterocycles. The Morgan fingerprint density at radius 2 is 1.92 bits per heavy atom. The van der Waals surface area contributed by atoms with Crippen LogP contribution in [0.3, 0.4) is 0 Å². The number of benzene rings is 2. The van der Waals surface area contributed by atoms with Gasteiger partial charge in [-0.15, -0.1) is 0 Å². The Labute approximate surface area is 158 Å². The molecule has 0 radical (unpaired) electrons. The zero-order chi connectivity index (χ0) is 19.3. The van der Waals surface area contributed by atoms with Crippen molar-refractivity contribution < 1.29 is 9.18 Å². The van der Waals surface area contributed by atoms with Crippen LogP contribution in [0.4, 0.5) is 21.5 Å². The lowest BCUT2D eigenvalue weighted by atomic mass is 10.1. The Morgan fingerprint density at radius 1 is 1.19 bits per heavy atom. The van der Waals surface area contributed by atoms with Gasteiger partial charge in [-0.3, -0.25) is 4.79 Å². The number of aryl methyl sites for hydroxylation is 1.